The lowest BCUT2D eigenvalue weighted by Gasteiger charge is -2.48. The van der Waals surface area contributed by atoms with Gasteiger partial charge >= 0.3 is 0 Å². The molecule has 0 saturated carbocycles. The Morgan fingerprint density at radius 1 is 1.14 bits per heavy atom. The molecular formula is C22H23N3O4. The molecule has 0 spiro atoms. The highest BCUT2D eigenvalue weighted by molar-refractivity contribution is 6.16. The Morgan fingerprint density at radius 2 is 1.86 bits per heavy atom. The number of carbonyl (C=O) groups is 3. The van der Waals surface area contributed by atoms with E-state index in [2.05, 4.69) is 5.32 Å². The summed E-state index contributed by atoms with van der Waals surface area (Å²) in [5.74, 6) is 0.0124. The number of rotatable bonds is 5. The van der Waals surface area contributed by atoms with Gasteiger partial charge in [-0.1, -0.05) is 24.3 Å². The maximum Gasteiger partial charge on any atom is 0.267 e. The van der Waals surface area contributed by atoms with Crippen LogP contribution in [0.5, 0.6) is 5.75 Å². The first kappa shape index (κ1) is 19.0. The first-order valence-electron chi connectivity index (χ1n) is 9.68. The minimum atomic E-state index is -1.33. The second kappa shape index (κ2) is 7.24. The van der Waals surface area contributed by atoms with Crippen LogP contribution in [-0.2, 0) is 16.1 Å². The normalized spacial score (nSPS) is 20.3. The van der Waals surface area contributed by atoms with Crippen LogP contribution in [-0.4, -0.2) is 41.9 Å². The lowest BCUT2D eigenvalue weighted by Crippen LogP contribution is -2.70. The molecule has 0 radical (unpaired) electrons. The molecule has 150 valence electrons. The molecule has 2 aliphatic rings. The number of hydrogen-bond donors (Lipinski definition) is 1. The number of fused-ring (bicyclic) bond motifs is 3. The Bertz CT molecular complexity index is 972. The average Bonchev–Trinajstić information content (AvgIpc) is 3.11. The molecule has 7 nitrogen and oxygen atoms in total. The third kappa shape index (κ3) is 2.85. The lowest BCUT2D eigenvalue weighted by molar-refractivity contribution is -0.133. The number of amides is 3. The number of benzene rings is 2. The van der Waals surface area contributed by atoms with Gasteiger partial charge in [0.05, 0.1) is 18.4 Å². The Kier molecular flexibility index (Phi) is 4.74. The summed E-state index contributed by atoms with van der Waals surface area (Å²) < 4.78 is 5.16. The molecule has 1 fully saturated rings. The number of anilines is 1. The summed E-state index contributed by atoms with van der Waals surface area (Å²) in [6, 6.07) is 14.4. The van der Waals surface area contributed by atoms with Crippen molar-refractivity contribution in [1.82, 2.24) is 10.2 Å². The van der Waals surface area contributed by atoms with Crippen molar-refractivity contribution in [3.63, 3.8) is 0 Å². The molecular weight excluding hydrogens is 370 g/mol. The Morgan fingerprint density at radius 3 is 2.55 bits per heavy atom. The molecule has 2 aromatic rings. The fraction of sp³-hybridized carbons (Fsp3) is 0.318. The summed E-state index contributed by atoms with van der Waals surface area (Å²) in [7, 11) is 1.60. The van der Waals surface area contributed by atoms with Gasteiger partial charge in [-0.25, -0.2) is 0 Å². The van der Waals surface area contributed by atoms with Crippen LogP contribution in [0.2, 0.25) is 0 Å². The number of likely N-dealkylation sites (N-methyl/N-ethyl adjacent to an activating group) is 1. The summed E-state index contributed by atoms with van der Waals surface area (Å²) >= 11 is 0. The van der Waals surface area contributed by atoms with E-state index < -0.39 is 5.66 Å². The molecule has 0 bridgehead atoms. The van der Waals surface area contributed by atoms with Gasteiger partial charge in [-0.15, -0.1) is 0 Å². The van der Waals surface area contributed by atoms with E-state index >= 15 is 0 Å². The number of nitrogens with one attached hydrogen (secondary N) is 1. The lowest BCUT2D eigenvalue weighted by atomic mass is 9.95. The van der Waals surface area contributed by atoms with Crippen LogP contribution in [0.25, 0.3) is 0 Å². The van der Waals surface area contributed by atoms with Gasteiger partial charge < -0.3 is 15.0 Å². The van der Waals surface area contributed by atoms with Gasteiger partial charge in [-0.3, -0.25) is 19.3 Å². The number of hydrogen-bond acceptors (Lipinski definition) is 4. The molecule has 1 N–H and O–H groups in total. The molecule has 2 aliphatic heterocycles. The predicted octanol–water partition coefficient (Wildman–Crippen LogP) is 2.31. The Balaban J connectivity index is 1.68. The monoisotopic (exact) mass is 393 g/mol. The molecule has 4 rings (SSSR count). The van der Waals surface area contributed by atoms with Crippen LogP contribution in [0, 0.1) is 0 Å². The minimum absolute atomic E-state index is 0.150. The maximum absolute atomic E-state index is 13.4. The van der Waals surface area contributed by atoms with Gasteiger partial charge in [0.2, 0.25) is 11.6 Å². The fourth-order valence-electron chi connectivity index (χ4n) is 4.27. The summed E-state index contributed by atoms with van der Waals surface area (Å²) in [5, 5.41) is 2.94. The molecule has 1 atom stereocenters. The van der Waals surface area contributed by atoms with Gasteiger partial charge in [0, 0.05) is 25.9 Å². The largest absolute Gasteiger partial charge is 0.497 e. The van der Waals surface area contributed by atoms with Gasteiger partial charge in [-0.2, -0.15) is 0 Å². The highest BCUT2D eigenvalue weighted by Crippen LogP contribution is 2.44. The van der Waals surface area contributed by atoms with E-state index in [4.69, 9.17) is 4.74 Å². The predicted molar refractivity (Wildman–Crippen MR) is 107 cm³/mol. The second-order valence-corrected chi connectivity index (χ2v) is 7.14. The fourth-order valence-corrected chi connectivity index (χ4v) is 4.27. The molecule has 3 amide bonds. The van der Waals surface area contributed by atoms with Crippen molar-refractivity contribution in [2.24, 2.45) is 0 Å². The van der Waals surface area contributed by atoms with Crippen LogP contribution in [0.4, 0.5) is 5.69 Å². The zero-order chi connectivity index (χ0) is 20.6. The van der Waals surface area contributed by atoms with E-state index in [-0.39, 0.29) is 30.6 Å². The number of carbonyl (C=O) groups excluding carboxylic acids is 3. The molecule has 0 aromatic heterocycles. The first-order valence-corrected chi connectivity index (χ1v) is 9.68. The summed E-state index contributed by atoms with van der Waals surface area (Å²) in [5.41, 5.74) is 0.522. The Hall–Kier alpha value is -3.35. The molecule has 1 saturated heterocycles. The number of methoxy groups -OCH3 is 1. The number of nitrogens with zero attached hydrogens (tertiary/aromatic N) is 2. The van der Waals surface area contributed by atoms with Crippen molar-refractivity contribution in [2.75, 3.05) is 18.6 Å². The third-order valence-electron chi connectivity index (χ3n) is 5.67. The van der Waals surface area contributed by atoms with E-state index in [9.17, 15) is 14.4 Å². The van der Waals surface area contributed by atoms with Gasteiger partial charge in [0.1, 0.15) is 5.75 Å². The molecule has 2 aromatic carbocycles. The quantitative estimate of drug-likeness (QED) is 0.846. The zero-order valence-corrected chi connectivity index (χ0v) is 16.5. The minimum Gasteiger partial charge on any atom is -0.497 e. The summed E-state index contributed by atoms with van der Waals surface area (Å²) in [6.07, 6.45) is 0.488. The van der Waals surface area contributed by atoms with Crippen LogP contribution >= 0.6 is 0 Å². The first-order chi connectivity index (χ1) is 14.0. The summed E-state index contributed by atoms with van der Waals surface area (Å²) in [4.78, 5) is 42.4. The van der Waals surface area contributed by atoms with Crippen molar-refractivity contribution in [3.8, 4) is 5.75 Å². The van der Waals surface area contributed by atoms with Gasteiger partial charge in [0.25, 0.3) is 11.8 Å². The Labute approximate surface area is 169 Å². The van der Waals surface area contributed by atoms with E-state index in [1.807, 2.05) is 31.2 Å². The highest BCUT2D eigenvalue weighted by Gasteiger charge is 2.60. The summed E-state index contributed by atoms with van der Waals surface area (Å²) in [6.45, 7) is 2.44. The molecule has 7 heteroatoms. The van der Waals surface area contributed by atoms with Crippen molar-refractivity contribution >= 4 is 23.4 Å². The van der Waals surface area contributed by atoms with Crippen LogP contribution < -0.4 is 15.0 Å². The number of ether oxygens (including phenoxy) is 1. The maximum atomic E-state index is 13.4. The van der Waals surface area contributed by atoms with Crippen molar-refractivity contribution in [2.45, 2.75) is 32.0 Å². The van der Waals surface area contributed by atoms with Crippen molar-refractivity contribution in [3.05, 3.63) is 59.7 Å². The molecule has 29 heavy (non-hydrogen) atoms. The average molecular weight is 393 g/mol. The third-order valence-corrected chi connectivity index (χ3v) is 5.67. The highest BCUT2D eigenvalue weighted by atomic mass is 16.5. The standard InChI is InChI=1S/C22H23N3O4/c1-3-24-20(27)17-6-4-5-7-18(17)25-19(26)12-13-22(24,25)21(28)23-14-15-8-10-16(29-2)11-9-15/h4-11H,3,12-14H2,1-2H3,(H,23,28)/t22-/m0/s1. The zero-order valence-electron chi connectivity index (χ0n) is 16.5. The van der Waals surface area contributed by atoms with Crippen LogP contribution in [0.3, 0.4) is 0 Å². The number of para-hydroxylation sites is 1. The molecule has 0 aliphatic carbocycles. The SMILES string of the molecule is CCN1C(=O)c2ccccc2N2C(=O)CC[C@]12C(=O)NCc1ccc(OC)cc1. The van der Waals surface area contributed by atoms with Gasteiger partial charge in [0.15, 0.2) is 0 Å². The van der Waals surface area contributed by atoms with Crippen LogP contribution in [0.15, 0.2) is 48.5 Å². The van der Waals surface area contributed by atoms with Crippen molar-refractivity contribution < 1.29 is 19.1 Å². The second-order valence-electron chi connectivity index (χ2n) is 7.14. The smallest absolute Gasteiger partial charge is 0.267 e. The van der Waals surface area contributed by atoms with Gasteiger partial charge in [-0.05, 0) is 36.8 Å². The van der Waals surface area contributed by atoms with E-state index in [1.54, 1.807) is 31.4 Å². The van der Waals surface area contributed by atoms with E-state index in [1.165, 1.54) is 9.80 Å². The van der Waals surface area contributed by atoms with Crippen LogP contribution in [0.1, 0.15) is 35.7 Å². The van der Waals surface area contributed by atoms with Crippen molar-refractivity contribution in [1.29, 1.82) is 0 Å². The molecule has 2 heterocycles. The molecule has 0 unspecified atom stereocenters. The topological polar surface area (TPSA) is 79.0 Å². The van der Waals surface area contributed by atoms with E-state index in [0.717, 1.165) is 11.3 Å². The van der Waals surface area contributed by atoms with E-state index in [0.29, 0.717) is 24.3 Å².